The molecule has 2 heterocycles. The van der Waals surface area contributed by atoms with Crippen molar-refractivity contribution >= 4 is 10.8 Å². The number of fused-ring (bicyclic) bond motifs is 1. The number of pyridine rings is 1. The third-order valence-corrected chi connectivity index (χ3v) is 3.40. The van der Waals surface area contributed by atoms with Gasteiger partial charge in [0.25, 0.3) is 5.56 Å². The van der Waals surface area contributed by atoms with Crippen molar-refractivity contribution in [3.05, 3.63) is 58.6 Å². The lowest BCUT2D eigenvalue weighted by Crippen LogP contribution is -2.23. The number of ether oxygens (including phenoxy) is 2. The number of nitrogens with zero attached hydrogens (tertiary/aromatic N) is 3. The summed E-state index contributed by atoms with van der Waals surface area (Å²) >= 11 is 0. The first-order chi connectivity index (χ1) is 10.7. The maximum absolute atomic E-state index is 12.6. The number of benzene rings is 1. The maximum Gasteiger partial charge on any atom is 0.275 e. The summed E-state index contributed by atoms with van der Waals surface area (Å²) in [6.45, 7) is 0.352. The van der Waals surface area contributed by atoms with E-state index in [1.165, 1.54) is 4.68 Å². The minimum atomic E-state index is -0.160. The van der Waals surface area contributed by atoms with Gasteiger partial charge in [0.1, 0.15) is 5.75 Å². The lowest BCUT2D eigenvalue weighted by molar-refractivity contribution is 0.397. The summed E-state index contributed by atoms with van der Waals surface area (Å²) in [5.41, 5.74) is 0.732. The van der Waals surface area contributed by atoms with Crippen LogP contribution >= 0.6 is 0 Å². The van der Waals surface area contributed by atoms with Crippen LogP contribution in [-0.2, 0) is 6.54 Å². The Morgan fingerprint density at radius 1 is 1.14 bits per heavy atom. The molecule has 0 radical (unpaired) electrons. The van der Waals surface area contributed by atoms with E-state index in [2.05, 4.69) is 10.1 Å². The smallest absolute Gasteiger partial charge is 0.275 e. The van der Waals surface area contributed by atoms with Gasteiger partial charge in [-0.05, 0) is 29.8 Å². The van der Waals surface area contributed by atoms with Crippen molar-refractivity contribution in [2.75, 3.05) is 14.2 Å². The highest BCUT2D eigenvalue weighted by Gasteiger charge is 2.07. The Hall–Kier alpha value is -2.89. The Morgan fingerprint density at radius 2 is 2.00 bits per heavy atom. The zero-order chi connectivity index (χ0) is 15.5. The zero-order valence-corrected chi connectivity index (χ0v) is 12.3. The number of hydrogen-bond acceptors (Lipinski definition) is 5. The van der Waals surface area contributed by atoms with Crippen LogP contribution in [0.15, 0.2) is 47.5 Å². The molecular weight excluding hydrogens is 282 g/mol. The van der Waals surface area contributed by atoms with E-state index in [9.17, 15) is 4.79 Å². The van der Waals surface area contributed by atoms with Gasteiger partial charge in [0.2, 0.25) is 5.88 Å². The van der Waals surface area contributed by atoms with Gasteiger partial charge in [0, 0.05) is 17.6 Å². The highest BCUT2D eigenvalue weighted by atomic mass is 16.5. The van der Waals surface area contributed by atoms with Crippen LogP contribution in [0.3, 0.4) is 0 Å². The largest absolute Gasteiger partial charge is 0.497 e. The molecule has 0 bridgehead atoms. The maximum atomic E-state index is 12.6. The Morgan fingerprint density at radius 3 is 2.77 bits per heavy atom. The molecule has 0 spiro atoms. The van der Waals surface area contributed by atoms with E-state index in [4.69, 9.17) is 9.47 Å². The van der Waals surface area contributed by atoms with Crippen LogP contribution in [0.25, 0.3) is 10.8 Å². The van der Waals surface area contributed by atoms with Gasteiger partial charge in [-0.3, -0.25) is 4.79 Å². The van der Waals surface area contributed by atoms with E-state index in [0.717, 1.165) is 10.9 Å². The Labute approximate surface area is 126 Å². The summed E-state index contributed by atoms with van der Waals surface area (Å²) < 4.78 is 11.7. The summed E-state index contributed by atoms with van der Waals surface area (Å²) in [4.78, 5) is 16.6. The van der Waals surface area contributed by atoms with Crippen LogP contribution in [-0.4, -0.2) is 29.0 Å². The summed E-state index contributed by atoms with van der Waals surface area (Å²) in [6.07, 6.45) is 3.32. The third kappa shape index (κ3) is 2.63. The number of aromatic nitrogens is 3. The average Bonchev–Trinajstić information content (AvgIpc) is 2.57. The molecule has 3 rings (SSSR count). The van der Waals surface area contributed by atoms with Crippen LogP contribution in [0.2, 0.25) is 0 Å². The topological polar surface area (TPSA) is 66.2 Å². The molecule has 1 aromatic carbocycles. The lowest BCUT2D eigenvalue weighted by atomic mass is 10.2. The molecule has 0 aliphatic heterocycles. The molecule has 0 saturated heterocycles. The average molecular weight is 297 g/mol. The molecule has 6 nitrogen and oxygen atoms in total. The monoisotopic (exact) mass is 297 g/mol. The van der Waals surface area contributed by atoms with Crippen LogP contribution < -0.4 is 15.0 Å². The van der Waals surface area contributed by atoms with Crippen molar-refractivity contribution in [1.29, 1.82) is 0 Å². The van der Waals surface area contributed by atoms with E-state index in [-0.39, 0.29) is 5.56 Å². The summed E-state index contributed by atoms with van der Waals surface area (Å²) in [6, 6.07) is 8.96. The summed E-state index contributed by atoms with van der Waals surface area (Å²) in [5.74, 6) is 1.15. The SMILES string of the molecule is COc1ccc2cnn(Cc3ccnc(OC)c3)c(=O)c2c1. The molecule has 6 heteroatoms. The first-order valence-corrected chi connectivity index (χ1v) is 6.74. The molecule has 2 aromatic heterocycles. The fourth-order valence-corrected chi connectivity index (χ4v) is 2.23. The minimum absolute atomic E-state index is 0.160. The van der Waals surface area contributed by atoms with Gasteiger partial charge in [0.15, 0.2) is 0 Å². The van der Waals surface area contributed by atoms with E-state index >= 15 is 0 Å². The van der Waals surface area contributed by atoms with Crippen molar-refractivity contribution in [2.24, 2.45) is 0 Å². The highest BCUT2D eigenvalue weighted by molar-refractivity contribution is 5.82. The number of hydrogen-bond donors (Lipinski definition) is 0. The van der Waals surface area contributed by atoms with Gasteiger partial charge in [0.05, 0.1) is 32.3 Å². The molecule has 0 N–H and O–H groups in total. The van der Waals surface area contributed by atoms with E-state index < -0.39 is 0 Å². The van der Waals surface area contributed by atoms with Gasteiger partial charge in [-0.1, -0.05) is 0 Å². The first kappa shape index (κ1) is 14.1. The van der Waals surface area contributed by atoms with Crippen molar-refractivity contribution in [1.82, 2.24) is 14.8 Å². The summed E-state index contributed by atoms with van der Waals surface area (Å²) in [7, 11) is 3.13. The van der Waals surface area contributed by atoms with Crippen molar-refractivity contribution in [3.8, 4) is 11.6 Å². The normalized spacial score (nSPS) is 10.6. The second kappa shape index (κ2) is 5.85. The second-order valence-corrected chi connectivity index (χ2v) is 4.77. The molecule has 0 amide bonds. The number of methoxy groups -OCH3 is 2. The van der Waals surface area contributed by atoms with Crippen LogP contribution in [0.4, 0.5) is 0 Å². The van der Waals surface area contributed by atoms with Crippen LogP contribution in [0, 0.1) is 0 Å². The molecule has 0 aliphatic rings. The van der Waals surface area contributed by atoms with Crippen molar-refractivity contribution in [3.63, 3.8) is 0 Å². The number of rotatable bonds is 4. The quantitative estimate of drug-likeness (QED) is 0.735. The van der Waals surface area contributed by atoms with Gasteiger partial charge in [-0.15, -0.1) is 0 Å². The van der Waals surface area contributed by atoms with E-state index in [1.54, 1.807) is 38.7 Å². The Kier molecular flexibility index (Phi) is 3.74. The first-order valence-electron chi connectivity index (χ1n) is 6.74. The predicted molar refractivity (Wildman–Crippen MR) is 82.4 cm³/mol. The Balaban J connectivity index is 2.03. The zero-order valence-electron chi connectivity index (χ0n) is 12.3. The van der Waals surface area contributed by atoms with Gasteiger partial charge in [-0.25, -0.2) is 9.67 Å². The van der Waals surface area contributed by atoms with E-state index in [1.807, 2.05) is 18.2 Å². The van der Waals surface area contributed by atoms with Crippen molar-refractivity contribution in [2.45, 2.75) is 6.54 Å². The molecule has 0 aliphatic carbocycles. The molecule has 112 valence electrons. The molecule has 22 heavy (non-hydrogen) atoms. The van der Waals surface area contributed by atoms with E-state index in [0.29, 0.717) is 23.6 Å². The molecule has 3 aromatic rings. The fraction of sp³-hybridized carbons (Fsp3) is 0.188. The lowest BCUT2D eigenvalue weighted by Gasteiger charge is -2.08. The molecule has 0 fully saturated rings. The van der Waals surface area contributed by atoms with Gasteiger partial charge in [-0.2, -0.15) is 5.10 Å². The van der Waals surface area contributed by atoms with Gasteiger partial charge < -0.3 is 9.47 Å². The highest BCUT2D eigenvalue weighted by Crippen LogP contribution is 2.17. The van der Waals surface area contributed by atoms with Crippen LogP contribution in [0.5, 0.6) is 11.6 Å². The fourth-order valence-electron chi connectivity index (χ4n) is 2.23. The van der Waals surface area contributed by atoms with Crippen LogP contribution in [0.1, 0.15) is 5.56 Å². The second-order valence-electron chi connectivity index (χ2n) is 4.77. The molecule has 0 atom stereocenters. The molecular formula is C16H15N3O3. The Bertz CT molecular complexity index is 874. The standard InChI is InChI=1S/C16H15N3O3/c1-21-13-4-3-12-9-18-19(16(20)14(12)8-13)10-11-5-6-17-15(7-11)22-2/h3-9H,10H2,1-2H3. The van der Waals surface area contributed by atoms with Gasteiger partial charge >= 0.3 is 0 Å². The molecule has 0 unspecified atom stereocenters. The molecule has 0 saturated carbocycles. The summed E-state index contributed by atoms with van der Waals surface area (Å²) in [5, 5.41) is 5.58. The van der Waals surface area contributed by atoms with Crippen molar-refractivity contribution < 1.29 is 9.47 Å². The minimum Gasteiger partial charge on any atom is -0.497 e. The third-order valence-electron chi connectivity index (χ3n) is 3.40. The predicted octanol–water partition coefficient (Wildman–Crippen LogP) is 1.86.